The summed E-state index contributed by atoms with van der Waals surface area (Å²) in [4.78, 5) is 12.4. The van der Waals surface area contributed by atoms with E-state index >= 15 is 0 Å². The summed E-state index contributed by atoms with van der Waals surface area (Å²) in [5.41, 5.74) is 0. The lowest BCUT2D eigenvalue weighted by molar-refractivity contribution is -0.147. The second kappa shape index (κ2) is 9.45. The molecule has 0 aromatic heterocycles. The Labute approximate surface area is 130 Å². The molecule has 3 nitrogen and oxygen atoms in total. The quantitative estimate of drug-likeness (QED) is 0.610. The van der Waals surface area contributed by atoms with Gasteiger partial charge in [0.1, 0.15) is 6.04 Å². The van der Waals surface area contributed by atoms with Crippen molar-refractivity contribution in [3.8, 4) is 0 Å². The highest BCUT2D eigenvalue weighted by molar-refractivity contribution is 5.76. The Hall–Kier alpha value is -0.570. The van der Waals surface area contributed by atoms with Gasteiger partial charge in [0.05, 0.1) is 6.61 Å². The van der Waals surface area contributed by atoms with E-state index < -0.39 is 0 Å². The molecule has 0 amide bonds. The Bertz CT molecular complexity index is 290. The summed E-state index contributed by atoms with van der Waals surface area (Å²) < 4.78 is 5.37. The summed E-state index contributed by atoms with van der Waals surface area (Å²) >= 11 is 0. The van der Waals surface area contributed by atoms with Crippen LogP contribution in [-0.4, -0.2) is 24.7 Å². The number of rotatable bonds is 5. The molecule has 0 aliphatic heterocycles. The molecule has 2 aliphatic rings. The van der Waals surface area contributed by atoms with Crippen LogP contribution >= 0.6 is 0 Å². The van der Waals surface area contributed by atoms with E-state index in [2.05, 4.69) is 5.32 Å². The normalized spacial score (nSPS) is 24.0. The molecule has 2 aliphatic carbocycles. The molecule has 2 saturated carbocycles. The maximum absolute atomic E-state index is 12.4. The first-order valence-corrected chi connectivity index (χ1v) is 9.24. The van der Waals surface area contributed by atoms with Crippen molar-refractivity contribution in [2.45, 2.75) is 96.1 Å². The van der Waals surface area contributed by atoms with Crippen LogP contribution in [0.25, 0.3) is 0 Å². The van der Waals surface area contributed by atoms with Crippen molar-refractivity contribution in [3.63, 3.8) is 0 Å². The van der Waals surface area contributed by atoms with Crippen LogP contribution in [0.2, 0.25) is 0 Å². The van der Waals surface area contributed by atoms with Gasteiger partial charge in [0.25, 0.3) is 0 Å². The van der Waals surface area contributed by atoms with Gasteiger partial charge in [-0.2, -0.15) is 0 Å². The molecule has 3 heteroatoms. The van der Waals surface area contributed by atoms with Crippen LogP contribution in [0.5, 0.6) is 0 Å². The van der Waals surface area contributed by atoms with Crippen LogP contribution in [0, 0.1) is 5.92 Å². The highest BCUT2D eigenvalue weighted by atomic mass is 16.5. The van der Waals surface area contributed by atoms with Gasteiger partial charge < -0.3 is 10.1 Å². The average molecular weight is 295 g/mol. The fourth-order valence-electron chi connectivity index (χ4n) is 3.97. The largest absolute Gasteiger partial charge is 0.465 e. The minimum atomic E-state index is -0.0638. The van der Waals surface area contributed by atoms with Gasteiger partial charge in [-0.3, -0.25) is 4.79 Å². The zero-order valence-electron chi connectivity index (χ0n) is 13.7. The molecule has 1 unspecified atom stereocenters. The zero-order valence-corrected chi connectivity index (χ0v) is 13.7. The van der Waals surface area contributed by atoms with Crippen molar-refractivity contribution in [2.24, 2.45) is 5.92 Å². The minimum absolute atomic E-state index is 0.00588. The van der Waals surface area contributed by atoms with E-state index in [1.54, 1.807) is 0 Å². The zero-order chi connectivity index (χ0) is 14.9. The van der Waals surface area contributed by atoms with Gasteiger partial charge in [-0.15, -0.1) is 0 Å². The maximum Gasteiger partial charge on any atom is 0.323 e. The fourth-order valence-corrected chi connectivity index (χ4v) is 3.97. The van der Waals surface area contributed by atoms with Crippen LogP contribution in [-0.2, 0) is 9.53 Å². The SMILES string of the molecule is CCOC(=O)C(NC1CCCCCC1)C1CCCCCC1. The molecule has 0 saturated heterocycles. The number of hydrogen-bond donors (Lipinski definition) is 1. The molecular formula is C18H33NO2. The van der Waals surface area contributed by atoms with Gasteiger partial charge in [0, 0.05) is 6.04 Å². The Balaban J connectivity index is 1.97. The van der Waals surface area contributed by atoms with E-state index in [0.29, 0.717) is 18.6 Å². The van der Waals surface area contributed by atoms with Gasteiger partial charge >= 0.3 is 5.97 Å². The molecule has 0 aromatic carbocycles. The van der Waals surface area contributed by atoms with Gasteiger partial charge in [-0.25, -0.2) is 0 Å². The molecule has 0 bridgehead atoms. The lowest BCUT2D eigenvalue weighted by Gasteiger charge is -2.29. The van der Waals surface area contributed by atoms with Crippen LogP contribution in [0.1, 0.15) is 84.0 Å². The Morgan fingerprint density at radius 3 is 2.00 bits per heavy atom. The van der Waals surface area contributed by atoms with Crippen LogP contribution in [0.3, 0.4) is 0 Å². The van der Waals surface area contributed by atoms with Gasteiger partial charge in [-0.1, -0.05) is 51.4 Å². The van der Waals surface area contributed by atoms with Crippen molar-refractivity contribution in [1.29, 1.82) is 0 Å². The monoisotopic (exact) mass is 295 g/mol. The summed E-state index contributed by atoms with van der Waals surface area (Å²) in [7, 11) is 0. The first-order valence-electron chi connectivity index (χ1n) is 9.24. The molecule has 21 heavy (non-hydrogen) atoms. The third kappa shape index (κ3) is 5.61. The van der Waals surface area contributed by atoms with Crippen molar-refractivity contribution in [2.75, 3.05) is 6.61 Å². The number of nitrogens with one attached hydrogen (secondary N) is 1. The molecule has 122 valence electrons. The first-order chi connectivity index (χ1) is 10.3. The fraction of sp³-hybridized carbons (Fsp3) is 0.944. The second-order valence-electron chi connectivity index (χ2n) is 6.84. The van der Waals surface area contributed by atoms with Crippen molar-refractivity contribution >= 4 is 5.97 Å². The van der Waals surface area contributed by atoms with Crippen LogP contribution in [0.15, 0.2) is 0 Å². The maximum atomic E-state index is 12.4. The van der Waals surface area contributed by atoms with Gasteiger partial charge in [0.2, 0.25) is 0 Å². The standard InChI is InChI=1S/C18H33NO2/c1-2-21-18(20)17(15-11-7-3-4-8-12-15)19-16-13-9-5-6-10-14-16/h15-17,19H,2-14H2,1H3. The lowest BCUT2D eigenvalue weighted by atomic mass is 9.90. The second-order valence-corrected chi connectivity index (χ2v) is 6.84. The number of carbonyl (C=O) groups excluding carboxylic acids is 1. The minimum Gasteiger partial charge on any atom is -0.465 e. The third-order valence-electron chi connectivity index (χ3n) is 5.18. The molecule has 1 atom stereocenters. The first kappa shape index (κ1) is 16.8. The summed E-state index contributed by atoms with van der Waals surface area (Å²) in [6.07, 6.45) is 15.3. The molecule has 0 heterocycles. The Kier molecular flexibility index (Phi) is 7.56. The summed E-state index contributed by atoms with van der Waals surface area (Å²) in [5, 5.41) is 3.70. The smallest absolute Gasteiger partial charge is 0.323 e. The molecule has 2 fully saturated rings. The van der Waals surface area contributed by atoms with E-state index in [1.165, 1.54) is 77.0 Å². The molecule has 0 spiro atoms. The van der Waals surface area contributed by atoms with E-state index in [4.69, 9.17) is 4.74 Å². The molecule has 2 rings (SSSR count). The van der Waals surface area contributed by atoms with E-state index in [-0.39, 0.29) is 12.0 Å². The molecular weight excluding hydrogens is 262 g/mol. The van der Waals surface area contributed by atoms with Gasteiger partial charge in [0.15, 0.2) is 0 Å². The van der Waals surface area contributed by atoms with Crippen LogP contribution < -0.4 is 5.32 Å². The van der Waals surface area contributed by atoms with E-state index in [9.17, 15) is 4.79 Å². The Morgan fingerprint density at radius 1 is 0.952 bits per heavy atom. The lowest BCUT2D eigenvalue weighted by Crippen LogP contribution is -2.48. The molecule has 0 aromatic rings. The summed E-state index contributed by atoms with van der Waals surface area (Å²) in [5.74, 6) is 0.475. The highest BCUT2D eigenvalue weighted by Crippen LogP contribution is 2.27. The number of esters is 1. The molecule has 0 radical (unpaired) electrons. The van der Waals surface area contributed by atoms with Gasteiger partial charge in [-0.05, 0) is 38.5 Å². The van der Waals surface area contributed by atoms with E-state index in [1.807, 2.05) is 6.92 Å². The molecule has 1 N–H and O–H groups in total. The predicted molar refractivity (Wildman–Crippen MR) is 86.2 cm³/mol. The Morgan fingerprint density at radius 2 is 1.48 bits per heavy atom. The number of carbonyl (C=O) groups is 1. The number of hydrogen-bond acceptors (Lipinski definition) is 3. The third-order valence-corrected chi connectivity index (χ3v) is 5.18. The van der Waals surface area contributed by atoms with Crippen molar-refractivity contribution in [1.82, 2.24) is 5.32 Å². The van der Waals surface area contributed by atoms with Crippen molar-refractivity contribution in [3.05, 3.63) is 0 Å². The summed E-state index contributed by atoms with van der Waals surface area (Å²) in [6.45, 7) is 2.40. The predicted octanol–water partition coefficient (Wildman–Crippen LogP) is 4.20. The topological polar surface area (TPSA) is 38.3 Å². The average Bonchev–Trinajstić information content (AvgIpc) is 2.89. The van der Waals surface area contributed by atoms with Crippen molar-refractivity contribution < 1.29 is 9.53 Å². The number of ether oxygens (including phenoxy) is 1. The summed E-state index contributed by atoms with van der Waals surface area (Å²) in [6, 6.07) is 0.455. The van der Waals surface area contributed by atoms with E-state index in [0.717, 1.165) is 0 Å². The van der Waals surface area contributed by atoms with Crippen LogP contribution in [0.4, 0.5) is 0 Å². The highest BCUT2D eigenvalue weighted by Gasteiger charge is 2.31.